The molecule has 1 aliphatic carbocycles. The van der Waals surface area contributed by atoms with Gasteiger partial charge in [-0.15, -0.1) is 5.10 Å². The van der Waals surface area contributed by atoms with Crippen molar-refractivity contribution >= 4 is 11.7 Å². The van der Waals surface area contributed by atoms with Crippen LogP contribution in [-0.2, 0) is 9.53 Å². The number of fused-ring (bicyclic) bond motifs is 1. The molecule has 3 aliphatic rings. The van der Waals surface area contributed by atoms with Crippen LogP contribution >= 0.6 is 0 Å². The largest absolute Gasteiger partial charge is 0.363 e. The van der Waals surface area contributed by atoms with Crippen molar-refractivity contribution in [2.45, 2.75) is 50.9 Å². The predicted octanol–water partition coefficient (Wildman–Crippen LogP) is 1.05. The number of anilines is 1. The second kappa shape index (κ2) is 5.50. The number of rotatable bonds is 3. The van der Waals surface area contributed by atoms with E-state index in [-0.39, 0.29) is 18.1 Å². The molecule has 1 aromatic rings. The molecule has 2 saturated heterocycles. The molecule has 1 saturated carbocycles. The molecule has 3 heterocycles. The van der Waals surface area contributed by atoms with E-state index in [2.05, 4.69) is 20.4 Å². The van der Waals surface area contributed by atoms with Crippen molar-refractivity contribution in [3.63, 3.8) is 0 Å². The number of aromatic nitrogens is 2. The van der Waals surface area contributed by atoms with Gasteiger partial charge in [0.2, 0.25) is 5.91 Å². The molecule has 0 unspecified atom stereocenters. The Kier molecular flexibility index (Phi) is 3.48. The number of nitrogens with zero attached hydrogens (tertiary/aromatic N) is 3. The molecule has 3 atom stereocenters. The first-order valence-electron chi connectivity index (χ1n) is 8.20. The van der Waals surface area contributed by atoms with E-state index in [4.69, 9.17) is 4.74 Å². The fourth-order valence-corrected chi connectivity index (χ4v) is 3.39. The number of ether oxygens (including phenoxy) is 1. The fourth-order valence-electron chi connectivity index (χ4n) is 3.39. The minimum atomic E-state index is -0.264. The van der Waals surface area contributed by atoms with E-state index in [1.165, 1.54) is 0 Å². The zero-order chi connectivity index (χ0) is 15.1. The summed E-state index contributed by atoms with van der Waals surface area (Å²) in [6, 6.07) is 4.39. The highest BCUT2D eigenvalue weighted by Crippen LogP contribution is 2.35. The summed E-state index contributed by atoms with van der Waals surface area (Å²) in [7, 11) is 0. The third kappa shape index (κ3) is 2.79. The van der Waals surface area contributed by atoms with Crippen LogP contribution < -0.4 is 10.2 Å². The third-order valence-electron chi connectivity index (χ3n) is 4.88. The summed E-state index contributed by atoms with van der Waals surface area (Å²) < 4.78 is 6.03. The lowest BCUT2D eigenvalue weighted by Gasteiger charge is -2.34. The van der Waals surface area contributed by atoms with Gasteiger partial charge in [-0.3, -0.25) is 4.79 Å². The summed E-state index contributed by atoms with van der Waals surface area (Å²) in [5, 5.41) is 11.4. The van der Waals surface area contributed by atoms with Crippen molar-refractivity contribution < 1.29 is 9.53 Å². The van der Waals surface area contributed by atoms with E-state index in [9.17, 15) is 4.79 Å². The van der Waals surface area contributed by atoms with Crippen LogP contribution in [0.5, 0.6) is 0 Å². The molecular formula is C16H22N4O2. The van der Waals surface area contributed by atoms with Gasteiger partial charge < -0.3 is 15.0 Å². The Bertz CT molecular complexity index is 558. The van der Waals surface area contributed by atoms with Crippen LogP contribution in [-0.4, -0.2) is 47.4 Å². The molecule has 4 rings (SSSR count). The van der Waals surface area contributed by atoms with E-state index in [0.717, 1.165) is 50.3 Å². The average Bonchev–Trinajstić information content (AvgIpc) is 3.23. The average molecular weight is 302 g/mol. The third-order valence-corrected chi connectivity index (χ3v) is 4.88. The number of nitrogens with one attached hydrogen (secondary N) is 1. The van der Waals surface area contributed by atoms with E-state index < -0.39 is 0 Å². The highest BCUT2D eigenvalue weighted by molar-refractivity contribution is 5.81. The van der Waals surface area contributed by atoms with Crippen molar-refractivity contribution in [3.05, 3.63) is 17.8 Å². The van der Waals surface area contributed by atoms with E-state index >= 15 is 0 Å². The minimum Gasteiger partial charge on any atom is -0.363 e. The zero-order valence-electron chi connectivity index (χ0n) is 12.9. The molecule has 0 radical (unpaired) electrons. The van der Waals surface area contributed by atoms with Gasteiger partial charge in [-0.05, 0) is 50.7 Å². The van der Waals surface area contributed by atoms with Crippen LogP contribution in [0.15, 0.2) is 12.1 Å². The molecule has 0 bridgehead atoms. The molecule has 0 aromatic carbocycles. The number of carbonyl (C=O) groups excluding carboxylic acids is 1. The van der Waals surface area contributed by atoms with Crippen molar-refractivity contribution in [3.8, 4) is 0 Å². The summed E-state index contributed by atoms with van der Waals surface area (Å²) >= 11 is 0. The Balaban J connectivity index is 1.38. The number of amides is 1. The second-order valence-electron chi connectivity index (χ2n) is 6.71. The summed E-state index contributed by atoms with van der Waals surface area (Å²) in [4.78, 5) is 14.4. The van der Waals surface area contributed by atoms with Gasteiger partial charge in [0.25, 0.3) is 0 Å². The van der Waals surface area contributed by atoms with Crippen LogP contribution in [0, 0.1) is 12.8 Å². The molecule has 2 aliphatic heterocycles. The Morgan fingerprint density at radius 1 is 1.32 bits per heavy atom. The number of hydrogen-bond donors (Lipinski definition) is 1. The van der Waals surface area contributed by atoms with E-state index in [1.54, 1.807) is 0 Å². The molecule has 6 heteroatoms. The molecule has 1 N–H and O–H groups in total. The smallest absolute Gasteiger partial charge is 0.249 e. The minimum absolute atomic E-state index is 0.0820. The van der Waals surface area contributed by atoms with Crippen LogP contribution in [0.1, 0.15) is 31.4 Å². The topological polar surface area (TPSA) is 67.4 Å². The van der Waals surface area contributed by atoms with Crippen molar-refractivity contribution in [1.29, 1.82) is 0 Å². The highest BCUT2D eigenvalue weighted by atomic mass is 16.5. The monoisotopic (exact) mass is 302 g/mol. The van der Waals surface area contributed by atoms with Crippen LogP contribution in [0.3, 0.4) is 0 Å². The Labute approximate surface area is 130 Å². The summed E-state index contributed by atoms with van der Waals surface area (Å²) in [6.45, 7) is 3.70. The summed E-state index contributed by atoms with van der Waals surface area (Å²) in [5.41, 5.74) is 0.924. The maximum Gasteiger partial charge on any atom is 0.249 e. The lowest BCUT2D eigenvalue weighted by molar-refractivity contribution is -0.132. The maximum atomic E-state index is 12.2. The summed E-state index contributed by atoms with van der Waals surface area (Å²) in [6.07, 6.45) is 4.01. The van der Waals surface area contributed by atoms with Gasteiger partial charge in [-0.2, -0.15) is 5.10 Å². The lowest BCUT2D eigenvalue weighted by atomic mass is 9.91. The maximum absolute atomic E-state index is 12.2. The van der Waals surface area contributed by atoms with Crippen LogP contribution in [0.25, 0.3) is 0 Å². The zero-order valence-corrected chi connectivity index (χ0v) is 12.9. The molecule has 6 nitrogen and oxygen atoms in total. The molecule has 0 spiro atoms. The van der Waals surface area contributed by atoms with Crippen molar-refractivity contribution in [2.75, 3.05) is 18.0 Å². The molecule has 118 valence electrons. The van der Waals surface area contributed by atoms with E-state index in [1.807, 2.05) is 19.1 Å². The Hall–Kier alpha value is -1.69. The van der Waals surface area contributed by atoms with Gasteiger partial charge in [0.15, 0.2) is 5.82 Å². The first-order chi connectivity index (χ1) is 10.7. The molecular weight excluding hydrogens is 280 g/mol. The molecule has 22 heavy (non-hydrogen) atoms. The normalized spacial score (nSPS) is 31.0. The number of aryl methyl sites for hydroxylation is 1. The first kappa shape index (κ1) is 13.9. The van der Waals surface area contributed by atoms with Crippen LogP contribution in [0.2, 0.25) is 0 Å². The van der Waals surface area contributed by atoms with Gasteiger partial charge in [0.05, 0.1) is 11.8 Å². The van der Waals surface area contributed by atoms with Crippen molar-refractivity contribution in [1.82, 2.24) is 15.5 Å². The lowest BCUT2D eigenvalue weighted by Crippen LogP contribution is -2.43. The Morgan fingerprint density at radius 2 is 2.18 bits per heavy atom. The standard InChI is InChI=1S/C16H22N4O2/c1-10-2-5-15(19-18-10)20-7-6-11-8-13(22-14(11)9-20)16(21)17-12-3-4-12/h2,5,11-14H,3-4,6-9H2,1H3,(H,17,21)/t11-,13-,14-/m0/s1. The molecule has 3 fully saturated rings. The second-order valence-corrected chi connectivity index (χ2v) is 6.71. The van der Waals surface area contributed by atoms with Gasteiger partial charge in [0.1, 0.15) is 6.10 Å². The van der Waals surface area contributed by atoms with Crippen LogP contribution in [0.4, 0.5) is 5.82 Å². The van der Waals surface area contributed by atoms with Gasteiger partial charge in [-0.25, -0.2) is 0 Å². The number of piperidine rings is 1. The van der Waals surface area contributed by atoms with Gasteiger partial charge in [0, 0.05) is 19.1 Å². The first-order valence-corrected chi connectivity index (χ1v) is 8.20. The fraction of sp³-hybridized carbons (Fsp3) is 0.688. The van der Waals surface area contributed by atoms with Gasteiger partial charge in [-0.1, -0.05) is 0 Å². The Morgan fingerprint density at radius 3 is 2.91 bits per heavy atom. The van der Waals surface area contributed by atoms with Crippen molar-refractivity contribution in [2.24, 2.45) is 5.92 Å². The molecule has 1 amide bonds. The SMILES string of the molecule is Cc1ccc(N2CC[C@H]3C[C@@H](C(=O)NC4CC4)O[C@H]3C2)nn1. The summed E-state index contributed by atoms with van der Waals surface area (Å²) in [5.74, 6) is 1.47. The highest BCUT2D eigenvalue weighted by Gasteiger charge is 2.43. The predicted molar refractivity (Wildman–Crippen MR) is 81.5 cm³/mol. The number of carbonyl (C=O) groups is 1. The quantitative estimate of drug-likeness (QED) is 0.904. The number of hydrogen-bond acceptors (Lipinski definition) is 5. The van der Waals surface area contributed by atoms with Gasteiger partial charge >= 0.3 is 0 Å². The molecule has 1 aromatic heterocycles. The van der Waals surface area contributed by atoms with E-state index in [0.29, 0.717) is 12.0 Å².